The molecule has 1 aliphatic rings. The zero-order chi connectivity index (χ0) is 19.8. The smallest absolute Gasteiger partial charge is 0.173 e. The molecule has 2 aromatic rings. The minimum absolute atomic E-state index is 0.697. The number of thiocarbonyl (C=S) groups is 1. The van der Waals surface area contributed by atoms with Gasteiger partial charge in [0.15, 0.2) is 5.11 Å². The average Bonchev–Trinajstić information content (AvgIpc) is 3.21. The van der Waals surface area contributed by atoms with Crippen molar-refractivity contribution in [3.8, 4) is 0 Å². The number of aryl methyl sites for hydroxylation is 1. The lowest BCUT2D eigenvalue weighted by Gasteiger charge is -2.32. The van der Waals surface area contributed by atoms with Gasteiger partial charge in [-0.15, -0.1) is 0 Å². The van der Waals surface area contributed by atoms with Crippen LogP contribution in [0.1, 0.15) is 44.4 Å². The molecule has 0 spiro atoms. The van der Waals surface area contributed by atoms with E-state index in [4.69, 9.17) is 16.6 Å². The fourth-order valence-electron chi connectivity index (χ4n) is 3.84. The molecular formula is C23H33N3OS. The highest BCUT2D eigenvalue weighted by atomic mass is 32.1. The number of piperidine rings is 1. The van der Waals surface area contributed by atoms with Crippen LogP contribution in [0.15, 0.2) is 47.1 Å². The summed E-state index contributed by atoms with van der Waals surface area (Å²) in [5.41, 5.74) is 2.37. The van der Waals surface area contributed by atoms with E-state index in [-0.39, 0.29) is 0 Å². The van der Waals surface area contributed by atoms with Crippen molar-refractivity contribution in [1.29, 1.82) is 0 Å². The fourth-order valence-corrected chi connectivity index (χ4v) is 4.12. The average molecular weight is 400 g/mol. The molecule has 0 unspecified atom stereocenters. The first-order valence-corrected chi connectivity index (χ1v) is 10.9. The van der Waals surface area contributed by atoms with Crippen LogP contribution in [0.5, 0.6) is 0 Å². The molecule has 4 nitrogen and oxygen atoms in total. The molecule has 0 bridgehead atoms. The Morgan fingerprint density at radius 3 is 2.79 bits per heavy atom. The van der Waals surface area contributed by atoms with Gasteiger partial charge in [0.2, 0.25) is 0 Å². The molecule has 0 amide bonds. The number of nitrogens with zero attached hydrogens (tertiary/aromatic N) is 2. The van der Waals surface area contributed by atoms with Gasteiger partial charge in [0, 0.05) is 18.8 Å². The van der Waals surface area contributed by atoms with E-state index in [0.717, 1.165) is 48.4 Å². The molecule has 1 fully saturated rings. The van der Waals surface area contributed by atoms with Gasteiger partial charge in [0.1, 0.15) is 5.76 Å². The Morgan fingerprint density at radius 1 is 1.29 bits per heavy atom. The highest BCUT2D eigenvalue weighted by Gasteiger charge is 2.17. The number of rotatable bonds is 8. The third kappa shape index (κ3) is 6.35. The highest BCUT2D eigenvalue weighted by Crippen LogP contribution is 2.16. The van der Waals surface area contributed by atoms with Gasteiger partial charge in [-0.25, -0.2) is 0 Å². The van der Waals surface area contributed by atoms with Crippen molar-refractivity contribution in [3.63, 3.8) is 0 Å². The minimum atomic E-state index is 0.697. The molecular weight excluding hydrogens is 366 g/mol. The number of nitrogens with one attached hydrogen (secondary N) is 1. The van der Waals surface area contributed by atoms with Crippen LogP contribution in [0.4, 0.5) is 5.69 Å². The van der Waals surface area contributed by atoms with Gasteiger partial charge in [-0.3, -0.25) is 0 Å². The Bertz CT molecular complexity index is 714. The van der Waals surface area contributed by atoms with Gasteiger partial charge in [0.25, 0.3) is 0 Å². The van der Waals surface area contributed by atoms with Gasteiger partial charge in [0.05, 0.1) is 12.8 Å². The van der Waals surface area contributed by atoms with Gasteiger partial charge < -0.3 is 19.5 Å². The molecule has 1 saturated heterocycles. The maximum atomic E-state index is 5.74. The number of benzene rings is 1. The molecule has 28 heavy (non-hydrogen) atoms. The first-order chi connectivity index (χ1) is 13.6. The summed E-state index contributed by atoms with van der Waals surface area (Å²) >= 11 is 5.74. The maximum Gasteiger partial charge on any atom is 0.173 e. The number of anilines is 1. The highest BCUT2D eigenvalue weighted by molar-refractivity contribution is 7.80. The fraction of sp³-hybridized carbons (Fsp3) is 0.522. The largest absolute Gasteiger partial charge is 0.467 e. The van der Waals surface area contributed by atoms with Crippen molar-refractivity contribution in [2.45, 2.75) is 46.1 Å². The van der Waals surface area contributed by atoms with Crippen LogP contribution in [0.25, 0.3) is 0 Å². The number of furan rings is 1. The van der Waals surface area contributed by atoms with E-state index in [0.29, 0.717) is 6.54 Å². The quantitative estimate of drug-likeness (QED) is 0.620. The number of likely N-dealkylation sites (tertiary alicyclic amines) is 1. The van der Waals surface area contributed by atoms with Crippen LogP contribution >= 0.6 is 12.2 Å². The second-order valence-electron chi connectivity index (χ2n) is 7.88. The van der Waals surface area contributed by atoms with Crippen LogP contribution in [0.2, 0.25) is 0 Å². The maximum absolute atomic E-state index is 5.74. The second-order valence-corrected chi connectivity index (χ2v) is 8.27. The SMILES string of the molecule is CCc1ccc(NC(=S)N(CCCN2CCC[C@H](C)C2)Cc2ccco2)cc1. The Labute approximate surface area is 174 Å². The van der Waals surface area contributed by atoms with Crippen molar-refractivity contribution in [2.75, 3.05) is 31.5 Å². The van der Waals surface area contributed by atoms with E-state index in [2.05, 4.69) is 53.2 Å². The van der Waals surface area contributed by atoms with Crippen molar-refractivity contribution >= 4 is 23.0 Å². The van der Waals surface area contributed by atoms with Crippen LogP contribution in [0, 0.1) is 5.92 Å². The van der Waals surface area contributed by atoms with Crippen LogP contribution in [0.3, 0.4) is 0 Å². The third-order valence-corrected chi connectivity index (χ3v) is 5.83. The molecule has 3 rings (SSSR count). The lowest BCUT2D eigenvalue weighted by molar-refractivity contribution is 0.177. The van der Waals surface area contributed by atoms with E-state index in [1.807, 2.05) is 12.1 Å². The summed E-state index contributed by atoms with van der Waals surface area (Å²) in [6.07, 6.45) is 6.56. The van der Waals surface area contributed by atoms with Crippen LogP contribution < -0.4 is 5.32 Å². The first kappa shape index (κ1) is 20.9. The van der Waals surface area contributed by atoms with E-state index in [9.17, 15) is 0 Å². The molecule has 1 aromatic heterocycles. The summed E-state index contributed by atoms with van der Waals surface area (Å²) in [5, 5.41) is 4.16. The number of hydrogen-bond acceptors (Lipinski definition) is 3. The second kappa shape index (κ2) is 10.6. The van der Waals surface area contributed by atoms with Crippen molar-refractivity contribution in [2.24, 2.45) is 5.92 Å². The summed E-state index contributed by atoms with van der Waals surface area (Å²) in [5.74, 6) is 1.76. The zero-order valence-corrected chi connectivity index (χ0v) is 18.0. The van der Waals surface area contributed by atoms with Crippen molar-refractivity contribution in [1.82, 2.24) is 9.80 Å². The predicted molar refractivity (Wildman–Crippen MR) is 121 cm³/mol. The normalized spacial score (nSPS) is 17.4. The zero-order valence-electron chi connectivity index (χ0n) is 17.2. The predicted octanol–water partition coefficient (Wildman–Crippen LogP) is 5.16. The molecule has 1 aliphatic heterocycles. The van der Waals surface area contributed by atoms with Gasteiger partial charge in [-0.1, -0.05) is 26.0 Å². The Morgan fingerprint density at radius 2 is 2.11 bits per heavy atom. The standard InChI is InChI=1S/C23H33N3OS/c1-3-20-9-11-21(12-10-20)24-23(28)26(18-22-8-5-16-27-22)15-6-14-25-13-4-7-19(2)17-25/h5,8-12,16,19H,3-4,6-7,13-15,17-18H2,1-2H3,(H,24,28)/t19-/m0/s1. The molecule has 0 aliphatic carbocycles. The monoisotopic (exact) mass is 399 g/mol. The first-order valence-electron chi connectivity index (χ1n) is 10.5. The molecule has 152 valence electrons. The van der Waals surface area contributed by atoms with E-state index in [1.165, 1.54) is 31.5 Å². The van der Waals surface area contributed by atoms with E-state index in [1.54, 1.807) is 6.26 Å². The summed E-state index contributed by atoms with van der Waals surface area (Å²) in [6, 6.07) is 12.5. The van der Waals surface area contributed by atoms with Crippen LogP contribution in [-0.4, -0.2) is 41.1 Å². The molecule has 5 heteroatoms. The lowest BCUT2D eigenvalue weighted by atomic mass is 10.0. The summed E-state index contributed by atoms with van der Waals surface area (Å²) in [6.45, 7) is 9.73. The molecule has 1 N–H and O–H groups in total. The molecule has 0 radical (unpaired) electrons. The molecule has 1 aromatic carbocycles. The Kier molecular flexibility index (Phi) is 7.92. The van der Waals surface area contributed by atoms with Crippen molar-refractivity contribution < 1.29 is 4.42 Å². The summed E-state index contributed by atoms with van der Waals surface area (Å²) in [7, 11) is 0. The summed E-state index contributed by atoms with van der Waals surface area (Å²) in [4.78, 5) is 4.81. The third-order valence-electron chi connectivity index (χ3n) is 5.47. The van der Waals surface area contributed by atoms with Crippen molar-refractivity contribution in [3.05, 3.63) is 54.0 Å². The number of hydrogen-bond donors (Lipinski definition) is 1. The minimum Gasteiger partial charge on any atom is -0.467 e. The van der Waals surface area contributed by atoms with Crippen LogP contribution in [-0.2, 0) is 13.0 Å². The molecule has 1 atom stereocenters. The molecule has 0 saturated carbocycles. The Balaban J connectivity index is 1.56. The van der Waals surface area contributed by atoms with E-state index < -0.39 is 0 Å². The van der Waals surface area contributed by atoms with Gasteiger partial charge >= 0.3 is 0 Å². The topological polar surface area (TPSA) is 31.6 Å². The van der Waals surface area contributed by atoms with Gasteiger partial charge in [-0.2, -0.15) is 0 Å². The molecule has 2 heterocycles. The lowest BCUT2D eigenvalue weighted by Crippen LogP contribution is -2.39. The summed E-state index contributed by atoms with van der Waals surface area (Å²) < 4.78 is 5.57. The van der Waals surface area contributed by atoms with E-state index >= 15 is 0 Å². The Hall–Kier alpha value is -1.85. The van der Waals surface area contributed by atoms with Gasteiger partial charge in [-0.05, 0) is 86.7 Å².